The van der Waals surface area contributed by atoms with Crippen molar-refractivity contribution in [2.45, 2.75) is 6.04 Å². The van der Waals surface area contributed by atoms with Crippen molar-refractivity contribution in [1.29, 1.82) is 0 Å². The highest BCUT2D eigenvalue weighted by Crippen LogP contribution is 2.20. The molecule has 6 nitrogen and oxygen atoms in total. The SMILES string of the molecule is O=C(O)C(c1ccccc1)n1c(=O)[nH]c2cccnc21. The van der Waals surface area contributed by atoms with Crippen LogP contribution >= 0.6 is 0 Å². The molecule has 0 aliphatic carbocycles. The van der Waals surface area contributed by atoms with Gasteiger partial charge in [-0.3, -0.25) is 4.57 Å². The van der Waals surface area contributed by atoms with Gasteiger partial charge < -0.3 is 10.1 Å². The number of hydrogen-bond acceptors (Lipinski definition) is 3. The number of aliphatic carboxylic acids is 1. The number of nitrogens with one attached hydrogen (secondary N) is 1. The number of aromatic nitrogens is 3. The topological polar surface area (TPSA) is 88.0 Å². The van der Waals surface area contributed by atoms with E-state index in [2.05, 4.69) is 9.97 Å². The van der Waals surface area contributed by atoms with Crippen molar-refractivity contribution >= 4 is 17.1 Å². The molecule has 1 unspecified atom stereocenters. The van der Waals surface area contributed by atoms with Crippen LogP contribution in [0.2, 0.25) is 0 Å². The molecule has 0 aliphatic rings. The first kappa shape index (κ1) is 12.2. The minimum absolute atomic E-state index is 0.328. The predicted octanol–water partition coefficient (Wildman–Crippen LogP) is 1.40. The summed E-state index contributed by atoms with van der Waals surface area (Å²) >= 11 is 0. The van der Waals surface area contributed by atoms with E-state index < -0.39 is 17.7 Å². The zero-order chi connectivity index (χ0) is 14.1. The van der Waals surface area contributed by atoms with Gasteiger partial charge in [0.15, 0.2) is 11.7 Å². The number of fused-ring (bicyclic) bond motifs is 1. The van der Waals surface area contributed by atoms with Crippen LogP contribution in [0.4, 0.5) is 0 Å². The number of rotatable bonds is 3. The van der Waals surface area contributed by atoms with Gasteiger partial charge in [-0.1, -0.05) is 30.3 Å². The smallest absolute Gasteiger partial charge is 0.331 e. The van der Waals surface area contributed by atoms with Crippen LogP contribution in [0.25, 0.3) is 11.2 Å². The zero-order valence-corrected chi connectivity index (χ0v) is 10.4. The number of pyridine rings is 1. The largest absolute Gasteiger partial charge is 0.479 e. The first-order chi connectivity index (χ1) is 9.68. The van der Waals surface area contributed by atoms with Gasteiger partial charge >= 0.3 is 11.7 Å². The van der Waals surface area contributed by atoms with Crippen molar-refractivity contribution in [3.05, 3.63) is 64.7 Å². The molecule has 0 saturated heterocycles. The molecule has 0 radical (unpaired) electrons. The molecule has 3 aromatic rings. The number of aromatic amines is 1. The lowest BCUT2D eigenvalue weighted by molar-refractivity contribution is -0.139. The van der Waals surface area contributed by atoms with E-state index in [0.717, 1.165) is 4.57 Å². The van der Waals surface area contributed by atoms with Crippen molar-refractivity contribution in [2.24, 2.45) is 0 Å². The Morgan fingerprint density at radius 2 is 1.95 bits per heavy atom. The third-order valence-corrected chi connectivity index (χ3v) is 3.08. The van der Waals surface area contributed by atoms with Crippen molar-refractivity contribution in [2.75, 3.05) is 0 Å². The lowest BCUT2D eigenvalue weighted by Gasteiger charge is -2.13. The van der Waals surface area contributed by atoms with Crippen LogP contribution < -0.4 is 5.69 Å². The molecule has 6 heteroatoms. The van der Waals surface area contributed by atoms with E-state index in [1.165, 1.54) is 6.20 Å². The fourth-order valence-corrected chi connectivity index (χ4v) is 2.24. The summed E-state index contributed by atoms with van der Waals surface area (Å²) in [6, 6.07) is 10.9. The third kappa shape index (κ3) is 1.87. The van der Waals surface area contributed by atoms with Crippen LogP contribution in [0.1, 0.15) is 11.6 Å². The fraction of sp³-hybridized carbons (Fsp3) is 0.0714. The molecule has 2 aromatic heterocycles. The van der Waals surface area contributed by atoms with E-state index in [-0.39, 0.29) is 0 Å². The number of nitrogens with zero attached hydrogens (tertiary/aromatic N) is 2. The highest BCUT2D eigenvalue weighted by Gasteiger charge is 2.26. The number of carboxylic acid groups (broad SMARTS) is 1. The predicted molar refractivity (Wildman–Crippen MR) is 72.6 cm³/mol. The first-order valence-electron chi connectivity index (χ1n) is 6.01. The lowest BCUT2D eigenvalue weighted by Crippen LogP contribution is -2.29. The maximum absolute atomic E-state index is 12.1. The molecule has 1 atom stereocenters. The van der Waals surface area contributed by atoms with E-state index in [0.29, 0.717) is 16.7 Å². The Kier molecular flexibility index (Phi) is 2.83. The molecule has 2 N–H and O–H groups in total. The second-order valence-corrected chi connectivity index (χ2v) is 4.33. The van der Waals surface area contributed by atoms with Gasteiger partial charge in [-0.25, -0.2) is 14.6 Å². The average Bonchev–Trinajstić information content (AvgIpc) is 2.77. The highest BCUT2D eigenvalue weighted by molar-refractivity contribution is 5.80. The Balaban J connectivity index is 2.28. The maximum atomic E-state index is 12.1. The van der Waals surface area contributed by atoms with Gasteiger partial charge in [0, 0.05) is 6.20 Å². The van der Waals surface area contributed by atoms with Crippen LogP contribution in [0, 0.1) is 0 Å². The molecular formula is C14H11N3O3. The second-order valence-electron chi connectivity index (χ2n) is 4.33. The lowest BCUT2D eigenvalue weighted by atomic mass is 10.1. The van der Waals surface area contributed by atoms with Gasteiger partial charge in [-0.2, -0.15) is 0 Å². The van der Waals surface area contributed by atoms with Gasteiger partial charge in [-0.05, 0) is 17.7 Å². The highest BCUT2D eigenvalue weighted by atomic mass is 16.4. The quantitative estimate of drug-likeness (QED) is 0.752. The zero-order valence-electron chi connectivity index (χ0n) is 10.4. The molecule has 3 rings (SSSR count). The minimum Gasteiger partial charge on any atom is -0.479 e. The summed E-state index contributed by atoms with van der Waals surface area (Å²) in [5, 5.41) is 9.48. The molecule has 1 aromatic carbocycles. The second kappa shape index (κ2) is 4.65. The Labute approximate surface area is 113 Å². The van der Waals surface area contributed by atoms with Gasteiger partial charge in [0.05, 0.1) is 5.52 Å². The van der Waals surface area contributed by atoms with Crippen molar-refractivity contribution in [3.8, 4) is 0 Å². The van der Waals surface area contributed by atoms with Crippen molar-refractivity contribution in [1.82, 2.24) is 14.5 Å². The summed E-state index contributed by atoms with van der Waals surface area (Å²) in [4.78, 5) is 30.4. The molecule has 20 heavy (non-hydrogen) atoms. The maximum Gasteiger partial charge on any atom is 0.331 e. The molecule has 0 aliphatic heterocycles. The van der Waals surface area contributed by atoms with Crippen LogP contribution in [0.15, 0.2) is 53.5 Å². The Morgan fingerprint density at radius 1 is 1.20 bits per heavy atom. The molecule has 100 valence electrons. The van der Waals surface area contributed by atoms with Crippen molar-refractivity contribution < 1.29 is 9.90 Å². The standard InChI is InChI=1S/C14H11N3O3/c18-13(19)11(9-5-2-1-3-6-9)17-12-10(16-14(17)20)7-4-8-15-12/h1-8,11H,(H,16,20)(H,18,19). The molecular weight excluding hydrogens is 258 g/mol. The Morgan fingerprint density at radius 3 is 2.65 bits per heavy atom. The summed E-state index contributed by atoms with van der Waals surface area (Å²) in [7, 11) is 0. The van der Waals surface area contributed by atoms with Gasteiger partial charge in [-0.15, -0.1) is 0 Å². The number of H-pyrrole nitrogens is 1. The molecule has 0 amide bonds. The first-order valence-corrected chi connectivity index (χ1v) is 6.01. The van der Waals surface area contributed by atoms with Crippen LogP contribution in [-0.4, -0.2) is 25.6 Å². The third-order valence-electron chi connectivity index (χ3n) is 3.08. The number of hydrogen-bond donors (Lipinski definition) is 2. The summed E-state index contributed by atoms with van der Waals surface area (Å²) in [6.45, 7) is 0. The normalized spacial score (nSPS) is 12.4. The van der Waals surface area contributed by atoms with E-state index in [1.807, 2.05) is 0 Å². The number of benzene rings is 1. The molecule has 0 spiro atoms. The van der Waals surface area contributed by atoms with E-state index in [1.54, 1.807) is 42.5 Å². The molecule has 0 fully saturated rings. The van der Waals surface area contributed by atoms with E-state index >= 15 is 0 Å². The van der Waals surface area contributed by atoms with Crippen LogP contribution in [0.3, 0.4) is 0 Å². The minimum atomic E-state index is -1.11. The van der Waals surface area contributed by atoms with E-state index in [4.69, 9.17) is 0 Å². The number of imidazole rings is 1. The van der Waals surface area contributed by atoms with Crippen LogP contribution in [-0.2, 0) is 4.79 Å². The van der Waals surface area contributed by atoms with Gasteiger partial charge in [0.1, 0.15) is 0 Å². The Hall–Kier alpha value is -2.89. The fourth-order valence-electron chi connectivity index (χ4n) is 2.24. The Bertz CT molecular complexity index is 820. The molecule has 0 saturated carbocycles. The molecule has 0 bridgehead atoms. The van der Waals surface area contributed by atoms with Gasteiger partial charge in [0.2, 0.25) is 0 Å². The summed E-state index contributed by atoms with van der Waals surface area (Å²) in [5.74, 6) is -1.11. The van der Waals surface area contributed by atoms with Gasteiger partial charge in [0.25, 0.3) is 0 Å². The average molecular weight is 269 g/mol. The molecule has 2 heterocycles. The summed E-state index contributed by atoms with van der Waals surface area (Å²) in [6.07, 6.45) is 1.52. The monoisotopic (exact) mass is 269 g/mol. The number of carbonyl (C=O) groups is 1. The number of carboxylic acids is 1. The van der Waals surface area contributed by atoms with Crippen LogP contribution in [0.5, 0.6) is 0 Å². The van der Waals surface area contributed by atoms with Crippen molar-refractivity contribution in [3.63, 3.8) is 0 Å². The summed E-state index contributed by atoms with van der Waals surface area (Å²) < 4.78 is 1.16. The van der Waals surface area contributed by atoms with E-state index in [9.17, 15) is 14.7 Å². The summed E-state index contributed by atoms with van der Waals surface area (Å²) in [5.41, 5.74) is 0.872.